The maximum absolute atomic E-state index is 14.0. The molecule has 0 radical (unpaired) electrons. The highest BCUT2D eigenvalue weighted by Crippen LogP contribution is 2.29. The topological polar surface area (TPSA) is 55.2 Å². The maximum atomic E-state index is 14.0. The van der Waals surface area contributed by atoms with E-state index in [0.717, 1.165) is 24.1 Å². The second-order valence-electron chi connectivity index (χ2n) is 11.1. The molecule has 4 rings (SSSR count). The summed E-state index contributed by atoms with van der Waals surface area (Å²) in [6.07, 6.45) is 2.45. The predicted molar refractivity (Wildman–Crippen MR) is 156 cm³/mol. The molecule has 0 aliphatic carbocycles. The summed E-state index contributed by atoms with van der Waals surface area (Å²) in [6.45, 7) is 13.3. The SMILES string of the molecule is CCCCN(C(=O)c1ccc(C(C)(C)C)cc1)C(CC)c1nc2ccccc2c(=O)n1-c1ccc(C)cc1. The third kappa shape index (κ3) is 5.57. The number of nitrogens with zero attached hydrogens (tertiary/aromatic N) is 3. The molecule has 0 saturated heterocycles. The van der Waals surface area contributed by atoms with Crippen LogP contribution in [0.1, 0.15) is 87.2 Å². The summed E-state index contributed by atoms with van der Waals surface area (Å²) < 4.78 is 1.70. The van der Waals surface area contributed by atoms with Crippen LogP contribution in [0.15, 0.2) is 77.6 Å². The van der Waals surface area contributed by atoms with Gasteiger partial charge in [0.15, 0.2) is 0 Å². The molecule has 1 amide bonds. The molecular formula is C33H39N3O2. The number of carbonyl (C=O) groups is 1. The van der Waals surface area contributed by atoms with Crippen molar-refractivity contribution in [2.75, 3.05) is 6.54 Å². The standard InChI is InChI=1S/C33H39N3O2/c1-7-9-22-35(31(37)24-16-18-25(19-17-24)33(4,5)6)29(8-2)30-34-28-13-11-10-12-27(28)32(38)36(30)26-20-14-23(3)15-21-26/h10-21,29H,7-9,22H2,1-6H3. The van der Waals surface area contributed by atoms with Gasteiger partial charge < -0.3 is 4.90 Å². The Balaban J connectivity index is 1.88. The van der Waals surface area contributed by atoms with E-state index in [0.29, 0.717) is 35.3 Å². The van der Waals surface area contributed by atoms with Gasteiger partial charge in [0.1, 0.15) is 5.82 Å². The summed E-state index contributed by atoms with van der Waals surface area (Å²) in [5, 5.41) is 0.566. The number of aryl methyl sites for hydroxylation is 1. The number of carbonyl (C=O) groups excluding carboxylic acids is 1. The summed E-state index contributed by atoms with van der Waals surface area (Å²) in [6, 6.07) is 22.9. The van der Waals surface area contributed by atoms with Gasteiger partial charge in [-0.2, -0.15) is 0 Å². The highest BCUT2D eigenvalue weighted by atomic mass is 16.2. The van der Waals surface area contributed by atoms with Crippen molar-refractivity contribution < 1.29 is 4.79 Å². The number of para-hydroxylation sites is 1. The van der Waals surface area contributed by atoms with Gasteiger partial charge in [0.2, 0.25) is 0 Å². The van der Waals surface area contributed by atoms with Crippen LogP contribution in [0.4, 0.5) is 0 Å². The van der Waals surface area contributed by atoms with Gasteiger partial charge in [0, 0.05) is 12.1 Å². The molecule has 38 heavy (non-hydrogen) atoms. The molecule has 5 nitrogen and oxygen atoms in total. The highest BCUT2D eigenvalue weighted by Gasteiger charge is 2.29. The molecule has 0 bridgehead atoms. The van der Waals surface area contributed by atoms with Crippen molar-refractivity contribution in [1.29, 1.82) is 0 Å². The van der Waals surface area contributed by atoms with Crippen LogP contribution >= 0.6 is 0 Å². The van der Waals surface area contributed by atoms with E-state index in [1.165, 1.54) is 5.56 Å². The summed E-state index contributed by atoms with van der Waals surface area (Å²) in [7, 11) is 0. The Morgan fingerprint density at radius 1 is 0.947 bits per heavy atom. The van der Waals surface area contributed by atoms with E-state index in [9.17, 15) is 9.59 Å². The minimum atomic E-state index is -0.366. The first kappa shape index (κ1) is 27.3. The molecule has 1 aromatic heterocycles. The number of rotatable bonds is 8. The number of aromatic nitrogens is 2. The van der Waals surface area contributed by atoms with Crippen molar-refractivity contribution in [3.8, 4) is 5.69 Å². The molecule has 198 valence electrons. The molecule has 0 saturated carbocycles. The average Bonchev–Trinajstić information content (AvgIpc) is 2.91. The monoisotopic (exact) mass is 509 g/mol. The van der Waals surface area contributed by atoms with Gasteiger partial charge in [-0.25, -0.2) is 4.98 Å². The third-order valence-corrected chi connectivity index (χ3v) is 7.17. The molecule has 1 unspecified atom stereocenters. The summed E-state index contributed by atoms with van der Waals surface area (Å²) >= 11 is 0. The van der Waals surface area contributed by atoms with Crippen molar-refractivity contribution in [1.82, 2.24) is 14.5 Å². The van der Waals surface area contributed by atoms with E-state index in [-0.39, 0.29) is 22.9 Å². The average molecular weight is 510 g/mol. The fourth-order valence-electron chi connectivity index (χ4n) is 4.87. The van der Waals surface area contributed by atoms with Gasteiger partial charge in [-0.15, -0.1) is 0 Å². The highest BCUT2D eigenvalue weighted by molar-refractivity contribution is 5.94. The fourth-order valence-corrected chi connectivity index (χ4v) is 4.87. The van der Waals surface area contributed by atoms with Crippen molar-refractivity contribution in [2.24, 2.45) is 0 Å². The van der Waals surface area contributed by atoms with Crippen LogP contribution in [0, 0.1) is 6.92 Å². The van der Waals surface area contributed by atoms with Crippen LogP contribution < -0.4 is 5.56 Å². The van der Waals surface area contributed by atoms with E-state index < -0.39 is 0 Å². The van der Waals surface area contributed by atoms with Crippen LogP contribution in [-0.2, 0) is 5.41 Å². The number of unbranched alkanes of at least 4 members (excludes halogenated alkanes) is 1. The Kier molecular flexibility index (Phi) is 8.15. The minimum absolute atomic E-state index is 0.00848. The Labute approximate surface area is 226 Å². The molecule has 0 aliphatic rings. The summed E-state index contributed by atoms with van der Waals surface area (Å²) in [5.74, 6) is 0.555. The van der Waals surface area contributed by atoms with Gasteiger partial charge in [-0.05, 0) is 67.1 Å². The zero-order valence-corrected chi connectivity index (χ0v) is 23.5. The van der Waals surface area contributed by atoms with E-state index in [2.05, 4.69) is 34.6 Å². The zero-order chi connectivity index (χ0) is 27.4. The van der Waals surface area contributed by atoms with Crippen LogP contribution in [0.3, 0.4) is 0 Å². The van der Waals surface area contributed by atoms with Crippen molar-refractivity contribution in [2.45, 2.75) is 72.3 Å². The molecular weight excluding hydrogens is 470 g/mol. The first-order valence-corrected chi connectivity index (χ1v) is 13.7. The van der Waals surface area contributed by atoms with Gasteiger partial charge >= 0.3 is 0 Å². The molecule has 0 fully saturated rings. The van der Waals surface area contributed by atoms with Gasteiger partial charge in [0.25, 0.3) is 11.5 Å². The molecule has 0 spiro atoms. The normalized spacial score (nSPS) is 12.5. The lowest BCUT2D eigenvalue weighted by atomic mass is 9.86. The first-order valence-electron chi connectivity index (χ1n) is 13.7. The van der Waals surface area contributed by atoms with Crippen molar-refractivity contribution in [3.05, 3.63) is 106 Å². The number of hydrogen-bond acceptors (Lipinski definition) is 3. The van der Waals surface area contributed by atoms with Crippen LogP contribution in [0.25, 0.3) is 16.6 Å². The molecule has 5 heteroatoms. The first-order chi connectivity index (χ1) is 18.2. The Bertz CT molecular complexity index is 1460. The van der Waals surface area contributed by atoms with Crippen LogP contribution in [0.5, 0.6) is 0 Å². The van der Waals surface area contributed by atoms with E-state index in [1.54, 1.807) is 4.57 Å². The van der Waals surface area contributed by atoms with Crippen LogP contribution in [-0.4, -0.2) is 26.9 Å². The number of benzene rings is 3. The molecule has 4 aromatic rings. The van der Waals surface area contributed by atoms with Crippen molar-refractivity contribution >= 4 is 16.8 Å². The Morgan fingerprint density at radius 2 is 1.61 bits per heavy atom. The Morgan fingerprint density at radius 3 is 2.21 bits per heavy atom. The Hall–Kier alpha value is -3.73. The van der Waals surface area contributed by atoms with E-state index >= 15 is 0 Å². The second kappa shape index (κ2) is 11.3. The number of hydrogen-bond donors (Lipinski definition) is 0. The van der Waals surface area contributed by atoms with Gasteiger partial charge in [0.05, 0.1) is 22.6 Å². The lowest BCUT2D eigenvalue weighted by Crippen LogP contribution is -2.39. The number of amides is 1. The predicted octanol–water partition coefficient (Wildman–Crippen LogP) is 7.39. The van der Waals surface area contributed by atoms with E-state index in [1.807, 2.05) is 84.6 Å². The van der Waals surface area contributed by atoms with Gasteiger partial charge in [-0.1, -0.05) is 83.0 Å². The molecule has 1 heterocycles. The number of fused-ring (bicyclic) bond motifs is 1. The largest absolute Gasteiger partial charge is 0.328 e. The quantitative estimate of drug-likeness (QED) is 0.249. The second-order valence-corrected chi connectivity index (χ2v) is 11.1. The maximum Gasteiger partial charge on any atom is 0.266 e. The minimum Gasteiger partial charge on any atom is -0.328 e. The van der Waals surface area contributed by atoms with Crippen LogP contribution in [0.2, 0.25) is 0 Å². The molecule has 1 atom stereocenters. The molecule has 0 N–H and O–H groups in total. The third-order valence-electron chi connectivity index (χ3n) is 7.17. The zero-order valence-electron chi connectivity index (χ0n) is 23.5. The molecule has 3 aromatic carbocycles. The van der Waals surface area contributed by atoms with Gasteiger partial charge in [-0.3, -0.25) is 14.2 Å². The van der Waals surface area contributed by atoms with E-state index in [4.69, 9.17) is 4.98 Å². The summed E-state index contributed by atoms with van der Waals surface area (Å²) in [4.78, 5) is 34.9. The molecule has 0 aliphatic heterocycles. The smallest absolute Gasteiger partial charge is 0.266 e. The fraction of sp³-hybridized carbons (Fsp3) is 0.364. The van der Waals surface area contributed by atoms with Crippen molar-refractivity contribution in [3.63, 3.8) is 0 Å². The summed E-state index contributed by atoms with van der Waals surface area (Å²) in [5.41, 5.74) is 4.24. The lowest BCUT2D eigenvalue weighted by molar-refractivity contribution is 0.0656. The lowest BCUT2D eigenvalue weighted by Gasteiger charge is -2.32.